The lowest BCUT2D eigenvalue weighted by molar-refractivity contribution is 0.0936. The Morgan fingerprint density at radius 3 is 2.75 bits per heavy atom. The van der Waals surface area contributed by atoms with Crippen LogP contribution in [0.25, 0.3) is 0 Å². The number of aliphatic imine (C=N–C) groups is 1. The van der Waals surface area contributed by atoms with E-state index in [0.717, 1.165) is 36.2 Å². The number of fused-ring (bicyclic) bond motifs is 1. The van der Waals surface area contributed by atoms with Crippen LogP contribution in [0.1, 0.15) is 5.76 Å². The maximum atomic E-state index is 5.90. The summed E-state index contributed by atoms with van der Waals surface area (Å²) in [6, 6.07) is 11.5. The van der Waals surface area contributed by atoms with Gasteiger partial charge < -0.3 is 24.5 Å². The number of furan rings is 1. The molecule has 24 heavy (non-hydrogen) atoms. The molecular formula is C17H22IN3O3. The third kappa shape index (κ3) is 5.05. The molecule has 0 fully saturated rings. The maximum Gasteiger partial charge on any atom is 0.191 e. The van der Waals surface area contributed by atoms with Crippen molar-refractivity contribution < 1.29 is 13.9 Å². The Morgan fingerprint density at radius 2 is 2.00 bits per heavy atom. The summed E-state index contributed by atoms with van der Waals surface area (Å²) in [5, 5.41) is 6.50. The molecule has 0 radical (unpaired) electrons. The van der Waals surface area contributed by atoms with Gasteiger partial charge in [0.2, 0.25) is 0 Å². The van der Waals surface area contributed by atoms with Crippen molar-refractivity contribution in [3.05, 3.63) is 48.4 Å². The lowest BCUT2D eigenvalue weighted by Crippen LogP contribution is -2.45. The van der Waals surface area contributed by atoms with Gasteiger partial charge in [-0.05, 0) is 24.3 Å². The van der Waals surface area contributed by atoms with Crippen molar-refractivity contribution in [1.29, 1.82) is 0 Å². The van der Waals surface area contributed by atoms with Gasteiger partial charge in [-0.2, -0.15) is 0 Å². The Labute approximate surface area is 158 Å². The Hall–Kier alpha value is -1.90. The minimum atomic E-state index is -0.0477. The number of para-hydroxylation sites is 2. The summed E-state index contributed by atoms with van der Waals surface area (Å²) in [5.74, 6) is 3.27. The number of hydrogen-bond donors (Lipinski definition) is 2. The van der Waals surface area contributed by atoms with E-state index in [0.29, 0.717) is 13.2 Å². The summed E-state index contributed by atoms with van der Waals surface area (Å²) in [6.45, 7) is 1.89. The average Bonchev–Trinajstić information content (AvgIpc) is 3.11. The molecule has 7 heteroatoms. The SMILES string of the molecule is CN=C(NCCc1ccco1)NCC1COc2ccccc2O1.I. The summed E-state index contributed by atoms with van der Waals surface area (Å²) < 4.78 is 16.9. The number of ether oxygens (including phenoxy) is 2. The molecule has 1 aromatic carbocycles. The molecule has 0 aliphatic carbocycles. The van der Waals surface area contributed by atoms with Crippen LogP contribution < -0.4 is 20.1 Å². The van der Waals surface area contributed by atoms with Gasteiger partial charge in [-0.3, -0.25) is 4.99 Å². The predicted octanol–water partition coefficient (Wildman–Crippen LogP) is 2.45. The zero-order valence-corrected chi connectivity index (χ0v) is 15.9. The second-order valence-corrected chi connectivity index (χ2v) is 5.21. The van der Waals surface area contributed by atoms with E-state index in [4.69, 9.17) is 13.9 Å². The molecule has 1 atom stereocenters. The topological polar surface area (TPSA) is 68.0 Å². The summed E-state index contributed by atoms with van der Waals surface area (Å²) in [5.41, 5.74) is 0. The Bertz CT molecular complexity index is 646. The third-order valence-electron chi connectivity index (χ3n) is 3.53. The minimum absolute atomic E-state index is 0. The van der Waals surface area contributed by atoms with E-state index >= 15 is 0 Å². The van der Waals surface area contributed by atoms with E-state index in [2.05, 4.69) is 15.6 Å². The molecule has 130 valence electrons. The monoisotopic (exact) mass is 443 g/mol. The first kappa shape index (κ1) is 18.4. The number of benzene rings is 1. The van der Waals surface area contributed by atoms with E-state index in [1.165, 1.54) is 0 Å². The predicted molar refractivity (Wildman–Crippen MR) is 104 cm³/mol. The van der Waals surface area contributed by atoms with Crippen molar-refractivity contribution in [2.24, 2.45) is 4.99 Å². The molecule has 2 N–H and O–H groups in total. The standard InChI is InChI=1S/C17H21N3O3.HI/c1-18-17(19-9-8-13-5-4-10-21-13)20-11-14-12-22-15-6-2-3-7-16(15)23-14;/h2-7,10,14H,8-9,11-12H2,1H3,(H2,18,19,20);1H. The fraction of sp³-hybridized carbons (Fsp3) is 0.353. The molecule has 0 bridgehead atoms. The summed E-state index contributed by atoms with van der Waals surface area (Å²) in [4.78, 5) is 4.20. The van der Waals surface area contributed by atoms with Crippen molar-refractivity contribution >= 4 is 29.9 Å². The summed E-state index contributed by atoms with van der Waals surface area (Å²) in [6.07, 6.45) is 2.44. The fourth-order valence-electron chi connectivity index (χ4n) is 2.35. The van der Waals surface area contributed by atoms with Gasteiger partial charge in [-0.25, -0.2) is 0 Å². The molecular weight excluding hydrogens is 421 g/mol. The van der Waals surface area contributed by atoms with Gasteiger partial charge in [0.05, 0.1) is 12.8 Å². The third-order valence-corrected chi connectivity index (χ3v) is 3.53. The number of halogens is 1. The molecule has 1 aliphatic heterocycles. The smallest absolute Gasteiger partial charge is 0.191 e. The molecule has 3 rings (SSSR count). The molecule has 6 nitrogen and oxygen atoms in total. The number of nitrogens with zero attached hydrogens (tertiary/aromatic N) is 1. The van der Waals surface area contributed by atoms with Crippen molar-refractivity contribution in [2.45, 2.75) is 12.5 Å². The van der Waals surface area contributed by atoms with E-state index in [1.54, 1.807) is 13.3 Å². The van der Waals surface area contributed by atoms with Crippen molar-refractivity contribution in [3.63, 3.8) is 0 Å². The molecule has 1 aromatic heterocycles. The van der Waals surface area contributed by atoms with Crippen LogP contribution in [0.15, 0.2) is 52.1 Å². The highest BCUT2D eigenvalue weighted by atomic mass is 127. The first-order chi connectivity index (χ1) is 11.3. The van der Waals surface area contributed by atoms with Gasteiger partial charge >= 0.3 is 0 Å². The number of nitrogens with one attached hydrogen (secondary N) is 2. The first-order valence-electron chi connectivity index (χ1n) is 7.70. The van der Waals surface area contributed by atoms with E-state index in [-0.39, 0.29) is 30.1 Å². The van der Waals surface area contributed by atoms with Crippen molar-refractivity contribution in [3.8, 4) is 11.5 Å². The second-order valence-electron chi connectivity index (χ2n) is 5.21. The Morgan fingerprint density at radius 1 is 1.17 bits per heavy atom. The van der Waals surface area contributed by atoms with Crippen LogP contribution >= 0.6 is 24.0 Å². The van der Waals surface area contributed by atoms with Crippen LogP contribution in [-0.4, -0.2) is 38.8 Å². The molecule has 0 saturated heterocycles. The van der Waals surface area contributed by atoms with Crippen molar-refractivity contribution in [2.75, 3.05) is 26.7 Å². The van der Waals surface area contributed by atoms with Crippen LogP contribution in [0, 0.1) is 0 Å². The molecule has 0 amide bonds. The Balaban J connectivity index is 0.00000208. The Kier molecular flexibility index (Phi) is 7.23. The maximum absolute atomic E-state index is 5.90. The molecule has 1 unspecified atom stereocenters. The van der Waals surface area contributed by atoms with Gasteiger partial charge in [0.15, 0.2) is 17.5 Å². The highest BCUT2D eigenvalue weighted by molar-refractivity contribution is 14.0. The van der Waals surface area contributed by atoms with E-state index in [1.807, 2.05) is 36.4 Å². The lowest BCUT2D eigenvalue weighted by Gasteiger charge is -2.27. The average molecular weight is 443 g/mol. The number of rotatable bonds is 5. The molecule has 1 aliphatic rings. The number of hydrogen-bond acceptors (Lipinski definition) is 4. The van der Waals surface area contributed by atoms with Gasteiger partial charge in [0.25, 0.3) is 0 Å². The zero-order chi connectivity index (χ0) is 15.9. The molecule has 2 heterocycles. The second kappa shape index (κ2) is 9.41. The van der Waals surface area contributed by atoms with Crippen LogP contribution in [0.4, 0.5) is 0 Å². The fourth-order valence-corrected chi connectivity index (χ4v) is 2.35. The highest BCUT2D eigenvalue weighted by Crippen LogP contribution is 2.30. The molecule has 0 spiro atoms. The van der Waals surface area contributed by atoms with Gasteiger partial charge in [0, 0.05) is 20.0 Å². The van der Waals surface area contributed by atoms with Crippen LogP contribution in [0.2, 0.25) is 0 Å². The van der Waals surface area contributed by atoms with Gasteiger partial charge in [0.1, 0.15) is 18.5 Å². The first-order valence-corrected chi connectivity index (χ1v) is 7.70. The zero-order valence-electron chi connectivity index (χ0n) is 13.5. The largest absolute Gasteiger partial charge is 0.486 e. The van der Waals surface area contributed by atoms with E-state index < -0.39 is 0 Å². The van der Waals surface area contributed by atoms with Gasteiger partial charge in [-0.15, -0.1) is 24.0 Å². The quantitative estimate of drug-likeness (QED) is 0.422. The molecule has 0 saturated carbocycles. The van der Waals surface area contributed by atoms with E-state index in [9.17, 15) is 0 Å². The normalized spacial score (nSPS) is 16.2. The van der Waals surface area contributed by atoms with Crippen molar-refractivity contribution in [1.82, 2.24) is 10.6 Å². The molecule has 2 aromatic rings. The van der Waals surface area contributed by atoms with Gasteiger partial charge in [-0.1, -0.05) is 12.1 Å². The lowest BCUT2D eigenvalue weighted by atomic mass is 10.2. The summed E-state index contributed by atoms with van der Waals surface area (Å²) in [7, 11) is 1.75. The number of guanidine groups is 1. The summed E-state index contributed by atoms with van der Waals surface area (Å²) >= 11 is 0. The minimum Gasteiger partial charge on any atom is -0.486 e. The van der Waals surface area contributed by atoms with Crippen LogP contribution in [-0.2, 0) is 6.42 Å². The highest BCUT2D eigenvalue weighted by Gasteiger charge is 2.20. The van der Waals surface area contributed by atoms with Crippen LogP contribution in [0.3, 0.4) is 0 Å². The van der Waals surface area contributed by atoms with Crippen LogP contribution in [0.5, 0.6) is 11.5 Å².